The lowest BCUT2D eigenvalue weighted by Gasteiger charge is -2.73. The highest BCUT2D eigenvalue weighted by molar-refractivity contribution is 5.91. The molecule has 6 fully saturated rings. The Labute approximate surface area is 248 Å². The Morgan fingerprint density at radius 2 is 1.41 bits per heavy atom. The predicted octanol–water partition coefficient (Wildman–Crippen LogP) is 8.18. The molecule has 0 aromatic heterocycles. The van der Waals surface area contributed by atoms with E-state index in [-0.39, 0.29) is 39.1 Å². The summed E-state index contributed by atoms with van der Waals surface area (Å²) in [5.41, 5.74) is -1.13. The Morgan fingerprint density at radius 3 is 2.05 bits per heavy atom. The first-order chi connectivity index (χ1) is 19.1. The van der Waals surface area contributed by atoms with Crippen LogP contribution in [0, 0.1) is 84.2 Å². The molecule has 0 amide bonds. The normalized spacial score (nSPS) is 48.4. The van der Waals surface area contributed by atoms with Crippen LogP contribution in [0.25, 0.3) is 0 Å². The number of hydrogen-bond acceptors (Lipinski definition) is 5. The second-order valence-electron chi connectivity index (χ2n) is 17.5. The lowest BCUT2D eigenvalue weighted by molar-refractivity contribution is -0.248. The van der Waals surface area contributed by atoms with Crippen molar-refractivity contribution in [1.29, 1.82) is 10.5 Å². The molecule has 0 aromatic carbocycles. The van der Waals surface area contributed by atoms with Crippen LogP contribution in [0.1, 0.15) is 132 Å². The van der Waals surface area contributed by atoms with E-state index in [2.05, 4.69) is 60.6 Å². The average molecular weight is 561 g/mol. The minimum atomic E-state index is -0.598. The van der Waals surface area contributed by atoms with E-state index in [9.17, 15) is 20.1 Å². The molecular weight excluding hydrogens is 508 g/mol. The molecule has 5 heteroatoms. The standard InChI is InChI=1S/C36H52N2O3/c1-30(2)16-18-36-19-17-33(6)23(26(36)27(30)41-29(36)40)10-11-25-32(5)22-35(13-8-20-37,14-9-21-38)28(39)31(3,4)24(32)12-15-34(25,33)7/h23-27H,8-19,22H2,1-7H3/t23-,24+,25-,26+,27-,32+,33-,34-,36+/m1/s1. The Morgan fingerprint density at radius 1 is 0.780 bits per heavy atom. The van der Waals surface area contributed by atoms with E-state index in [0.29, 0.717) is 55.1 Å². The predicted molar refractivity (Wildman–Crippen MR) is 157 cm³/mol. The zero-order chi connectivity index (χ0) is 29.9. The summed E-state index contributed by atoms with van der Waals surface area (Å²) in [5.74, 6) is 1.98. The van der Waals surface area contributed by atoms with Crippen molar-refractivity contribution >= 4 is 11.8 Å². The van der Waals surface area contributed by atoms with Gasteiger partial charge < -0.3 is 4.74 Å². The minimum absolute atomic E-state index is 0.0226. The number of ether oxygens (including phenoxy) is 1. The highest BCUT2D eigenvalue weighted by Gasteiger charge is 2.76. The summed E-state index contributed by atoms with van der Waals surface area (Å²) in [6.45, 7) is 16.6. The summed E-state index contributed by atoms with van der Waals surface area (Å²) in [4.78, 5) is 27.9. The molecule has 41 heavy (non-hydrogen) atoms. The van der Waals surface area contributed by atoms with Crippen LogP contribution in [0.3, 0.4) is 0 Å². The average Bonchev–Trinajstić information content (AvgIpc) is 3.16. The van der Waals surface area contributed by atoms with Gasteiger partial charge in [-0.05, 0) is 105 Å². The second kappa shape index (κ2) is 8.83. The maximum Gasteiger partial charge on any atom is 0.312 e. The molecule has 1 saturated heterocycles. The van der Waals surface area contributed by atoms with Crippen molar-refractivity contribution in [2.45, 2.75) is 138 Å². The molecule has 6 rings (SSSR count). The molecular formula is C36H52N2O3. The first kappa shape index (κ1) is 29.2. The van der Waals surface area contributed by atoms with Gasteiger partial charge >= 0.3 is 5.97 Å². The van der Waals surface area contributed by atoms with Crippen LogP contribution in [0.5, 0.6) is 0 Å². The maximum atomic E-state index is 14.4. The minimum Gasteiger partial charge on any atom is -0.461 e. The van der Waals surface area contributed by atoms with Crippen molar-refractivity contribution < 1.29 is 14.3 Å². The molecule has 9 atom stereocenters. The Bertz CT molecular complexity index is 1220. The van der Waals surface area contributed by atoms with Gasteiger partial charge in [0.15, 0.2) is 0 Å². The molecule has 5 aliphatic carbocycles. The number of Topliss-reactive ketones (excluding diaryl/α,β-unsaturated/α-hetero) is 1. The van der Waals surface area contributed by atoms with E-state index in [1.165, 1.54) is 0 Å². The zero-order valence-corrected chi connectivity index (χ0v) is 26.7. The molecule has 1 heterocycles. The molecule has 0 unspecified atom stereocenters. The van der Waals surface area contributed by atoms with Crippen LogP contribution in [-0.2, 0) is 14.3 Å². The summed E-state index contributed by atoms with van der Waals surface area (Å²) in [7, 11) is 0. The molecule has 0 N–H and O–H groups in total. The van der Waals surface area contributed by atoms with Gasteiger partial charge in [-0.2, -0.15) is 10.5 Å². The topological polar surface area (TPSA) is 91.0 Å². The molecule has 1 aliphatic heterocycles. The van der Waals surface area contributed by atoms with E-state index >= 15 is 0 Å². The third kappa shape index (κ3) is 3.45. The van der Waals surface area contributed by atoms with Crippen LogP contribution in [0.2, 0.25) is 0 Å². The fourth-order valence-electron chi connectivity index (χ4n) is 13.4. The highest BCUT2D eigenvalue weighted by atomic mass is 16.6. The molecule has 6 aliphatic rings. The van der Waals surface area contributed by atoms with Crippen molar-refractivity contribution in [2.75, 3.05) is 0 Å². The third-order valence-corrected chi connectivity index (χ3v) is 15.4. The molecule has 5 saturated carbocycles. The van der Waals surface area contributed by atoms with Gasteiger partial charge in [0, 0.05) is 35.0 Å². The third-order valence-electron chi connectivity index (χ3n) is 15.4. The quantitative estimate of drug-likeness (QED) is 0.323. The summed E-state index contributed by atoms with van der Waals surface area (Å²) in [6, 6.07) is 4.66. The summed E-state index contributed by atoms with van der Waals surface area (Å²) in [5, 5.41) is 19.2. The number of rotatable bonds is 4. The number of carbonyl (C=O) groups excluding carboxylic acids is 2. The van der Waals surface area contributed by atoms with Crippen molar-refractivity contribution in [1.82, 2.24) is 0 Å². The van der Waals surface area contributed by atoms with Crippen molar-refractivity contribution in [3.63, 3.8) is 0 Å². The molecule has 0 radical (unpaired) electrons. The van der Waals surface area contributed by atoms with E-state index in [4.69, 9.17) is 4.74 Å². The number of nitriles is 2. The van der Waals surface area contributed by atoms with Crippen LogP contribution in [-0.4, -0.2) is 17.9 Å². The monoisotopic (exact) mass is 560 g/mol. The molecule has 224 valence electrons. The lowest BCUT2D eigenvalue weighted by Crippen LogP contribution is -2.69. The molecule has 0 spiro atoms. The SMILES string of the molecule is CC1(C)CC[C@]23CC[C@]4(C)[C@H](CC[C@@H]5[C@@]6(C)CC(CCC#N)(CCC#N)C(=O)C(C)(C)[C@@H]6CC[C@]54C)[C@H]2[C@H]1OC3=O. The Balaban J connectivity index is 1.42. The molecule has 0 aromatic rings. The van der Waals surface area contributed by atoms with Gasteiger partial charge in [-0.3, -0.25) is 9.59 Å². The van der Waals surface area contributed by atoms with Gasteiger partial charge in [0.1, 0.15) is 11.9 Å². The van der Waals surface area contributed by atoms with Crippen molar-refractivity contribution in [2.24, 2.45) is 61.6 Å². The first-order valence-electron chi connectivity index (χ1n) is 16.6. The molecule has 5 nitrogen and oxygen atoms in total. The van der Waals surface area contributed by atoms with Crippen LogP contribution >= 0.6 is 0 Å². The number of carbonyl (C=O) groups is 2. The van der Waals surface area contributed by atoms with E-state index in [1.54, 1.807) is 0 Å². The van der Waals surface area contributed by atoms with Gasteiger partial charge in [0.25, 0.3) is 0 Å². The van der Waals surface area contributed by atoms with E-state index in [0.717, 1.165) is 57.8 Å². The first-order valence-corrected chi connectivity index (χ1v) is 16.6. The summed E-state index contributed by atoms with van der Waals surface area (Å²) < 4.78 is 6.32. The van der Waals surface area contributed by atoms with Crippen LogP contribution in [0.15, 0.2) is 0 Å². The molecule has 2 bridgehead atoms. The number of nitrogens with zero attached hydrogens (tertiary/aromatic N) is 2. The summed E-state index contributed by atoms with van der Waals surface area (Å²) >= 11 is 0. The zero-order valence-electron chi connectivity index (χ0n) is 26.7. The number of fused-ring (bicyclic) bond motifs is 5. The van der Waals surface area contributed by atoms with Gasteiger partial charge in [-0.25, -0.2) is 0 Å². The van der Waals surface area contributed by atoms with Crippen LogP contribution in [0.4, 0.5) is 0 Å². The van der Waals surface area contributed by atoms with E-state index in [1.807, 2.05) is 0 Å². The highest BCUT2D eigenvalue weighted by Crippen LogP contribution is 2.79. The number of esters is 1. The van der Waals surface area contributed by atoms with Crippen molar-refractivity contribution in [3.8, 4) is 12.1 Å². The van der Waals surface area contributed by atoms with Gasteiger partial charge in [0.2, 0.25) is 0 Å². The maximum absolute atomic E-state index is 14.4. The van der Waals surface area contributed by atoms with Crippen LogP contribution < -0.4 is 0 Å². The number of hydrogen-bond donors (Lipinski definition) is 0. The fourth-order valence-corrected chi connectivity index (χ4v) is 13.4. The fraction of sp³-hybridized carbons (Fsp3) is 0.889. The van der Waals surface area contributed by atoms with Gasteiger partial charge in [-0.1, -0.05) is 48.5 Å². The largest absolute Gasteiger partial charge is 0.461 e. The lowest BCUT2D eigenvalue weighted by atomic mass is 9.30. The van der Waals surface area contributed by atoms with Gasteiger partial charge in [0.05, 0.1) is 17.6 Å². The second-order valence-corrected chi connectivity index (χ2v) is 17.5. The summed E-state index contributed by atoms with van der Waals surface area (Å²) in [6.07, 6.45) is 11.2. The number of ketones is 1. The Kier molecular flexibility index (Phi) is 6.29. The smallest absolute Gasteiger partial charge is 0.312 e. The van der Waals surface area contributed by atoms with E-state index < -0.39 is 10.8 Å². The Hall–Kier alpha value is -1.88. The van der Waals surface area contributed by atoms with Crippen molar-refractivity contribution in [3.05, 3.63) is 0 Å². The van der Waals surface area contributed by atoms with Gasteiger partial charge in [-0.15, -0.1) is 0 Å².